The Labute approximate surface area is 180 Å². The number of hydrogen-bond acceptors (Lipinski definition) is 5. The quantitative estimate of drug-likeness (QED) is 0.410. The van der Waals surface area contributed by atoms with E-state index in [2.05, 4.69) is 15.6 Å². The van der Waals surface area contributed by atoms with E-state index >= 15 is 0 Å². The molecule has 0 unspecified atom stereocenters. The van der Waals surface area contributed by atoms with Crippen LogP contribution in [0.1, 0.15) is 29.1 Å². The first-order chi connectivity index (χ1) is 14.4. The van der Waals surface area contributed by atoms with Crippen molar-refractivity contribution >= 4 is 23.3 Å². The molecule has 0 aliphatic rings. The first-order valence-electron chi connectivity index (χ1n) is 9.64. The number of anilines is 1. The zero-order valence-corrected chi connectivity index (χ0v) is 17.3. The number of aliphatic hydroxyl groups excluding tert-OH is 1. The van der Waals surface area contributed by atoms with E-state index in [0.29, 0.717) is 23.8 Å². The van der Waals surface area contributed by atoms with Gasteiger partial charge in [0.1, 0.15) is 5.69 Å². The molecule has 1 heterocycles. The van der Waals surface area contributed by atoms with E-state index in [9.17, 15) is 9.90 Å². The van der Waals surface area contributed by atoms with Gasteiger partial charge in [0.05, 0.1) is 11.8 Å². The molecule has 0 saturated carbocycles. The van der Waals surface area contributed by atoms with Crippen molar-refractivity contribution in [2.24, 2.45) is 0 Å². The SMILES string of the molecule is C[C@H](CNc1cccc(-c2cccc(C(=O)O)n2)c1)NC[C@H](O)c1cccc(Cl)c1. The number of nitrogens with one attached hydrogen (secondary N) is 2. The molecule has 0 radical (unpaired) electrons. The molecule has 2 aromatic carbocycles. The van der Waals surface area contributed by atoms with Crippen molar-refractivity contribution in [1.82, 2.24) is 10.3 Å². The Morgan fingerprint density at radius 1 is 1.07 bits per heavy atom. The molecule has 7 heteroatoms. The van der Waals surface area contributed by atoms with Gasteiger partial charge in [0.25, 0.3) is 0 Å². The summed E-state index contributed by atoms with van der Waals surface area (Å²) < 4.78 is 0. The van der Waals surface area contributed by atoms with Crippen LogP contribution in [0.3, 0.4) is 0 Å². The van der Waals surface area contributed by atoms with Gasteiger partial charge in [0.2, 0.25) is 0 Å². The topological polar surface area (TPSA) is 94.5 Å². The van der Waals surface area contributed by atoms with Gasteiger partial charge in [-0.1, -0.05) is 41.9 Å². The van der Waals surface area contributed by atoms with Gasteiger partial charge >= 0.3 is 5.97 Å². The highest BCUT2D eigenvalue weighted by Crippen LogP contribution is 2.21. The minimum atomic E-state index is -1.05. The van der Waals surface area contributed by atoms with E-state index in [4.69, 9.17) is 16.7 Å². The summed E-state index contributed by atoms with van der Waals surface area (Å²) in [6.45, 7) is 3.09. The molecule has 0 amide bonds. The maximum Gasteiger partial charge on any atom is 0.354 e. The number of carboxylic acids is 1. The Morgan fingerprint density at radius 2 is 1.83 bits per heavy atom. The molecule has 156 valence electrons. The number of rotatable bonds is 9. The summed E-state index contributed by atoms with van der Waals surface area (Å²) in [5.74, 6) is -1.05. The molecular weight excluding hydrogens is 402 g/mol. The lowest BCUT2D eigenvalue weighted by atomic mass is 10.1. The van der Waals surface area contributed by atoms with E-state index in [-0.39, 0.29) is 11.7 Å². The molecule has 30 heavy (non-hydrogen) atoms. The average Bonchev–Trinajstić information content (AvgIpc) is 2.76. The first kappa shape index (κ1) is 21.8. The smallest absolute Gasteiger partial charge is 0.354 e. The van der Waals surface area contributed by atoms with Gasteiger partial charge in [0, 0.05) is 35.4 Å². The van der Waals surface area contributed by atoms with Crippen LogP contribution in [-0.2, 0) is 0 Å². The van der Waals surface area contributed by atoms with E-state index < -0.39 is 12.1 Å². The van der Waals surface area contributed by atoms with Crippen molar-refractivity contribution in [1.29, 1.82) is 0 Å². The van der Waals surface area contributed by atoms with E-state index in [0.717, 1.165) is 16.8 Å². The lowest BCUT2D eigenvalue weighted by Gasteiger charge is -2.19. The lowest BCUT2D eigenvalue weighted by molar-refractivity contribution is 0.0690. The standard InChI is InChI=1S/C23H24ClN3O3/c1-15(25-14-22(28)17-6-2-7-18(24)11-17)13-26-19-8-3-5-16(12-19)20-9-4-10-21(27-20)23(29)30/h2-12,15,22,25-26,28H,13-14H2,1H3,(H,29,30)/t15-,22+/m1/s1. The summed E-state index contributed by atoms with van der Waals surface area (Å²) in [5, 5.41) is 26.7. The number of halogens is 1. The van der Waals surface area contributed by atoms with Gasteiger partial charge in [-0.25, -0.2) is 9.78 Å². The van der Waals surface area contributed by atoms with Crippen LogP contribution in [0.5, 0.6) is 0 Å². The van der Waals surface area contributed by atoms with Crippen LogP contribution in [0, 0.1) is 0 Å². The Balaban J connectivity index is 1.55. The molecule has 0 bridgehead atoms. The highest BCUT2D eigenvalue weighted by molar-refractivity contribution is 6.30. The molecule has 4 N–H and O–H groups in total. The van der Waals surface area contributed by atoms with Gasteiger partial charge in [-0.2, -0.15) is 0 Å². The third-order valence-corrected chi connectivity index (χ3v) is 4.87. The summed E-state index contributed by atoms with van der Waals surface area (Å²) >= 11 is 5.98. The van der Waals surface area contributed by atoms with Crippen molar-refractivity contribution in [3.05, 3.63) is 83.0 Å². The first-order valence-corrected chi connectivity index (χ1v) is 10.0. The average molecular weight is 426 g/mol. The van der Waals surface area contributed by atoms with Crippen molar-refractivity contribution in [2.45, 2.75) is 19.1 Å². The predicted octanol–water partition coefficient (Wildman–Crippen LogP) is 4.22. The molecule has 3 rings (SSSR count). The van der Waals surface area contributed by atoms with Gasteiger partial charge in [-0.15, -0.1) is 0 Å². The molecule has 1 aromatic heterocycles. The lowest BCUT2D eigenvalue weighted by Crippen LogP contribution is -2.35. The second kappa shape index (κ2) is 10.2. The second-order valence-corrected chi connectivity index (χ2v) is 7.49. The number of benzene rings is 2. The van der Waals surface area contributed by atoms with Crippen LogP contribution in [0.2, 0.25) is 5.02 Å². The number of aliphatic hydroxyl groups is 1. The van der Waals surface area contributed by atoms with Crippen LogP contribution < -0.4 is 10.6 Å². The zero-order chi connectivity index (χ0) is 21.5. The highest BCUT2D eigenvalue weighted by Gasteiger charge is 2.11. The summed E-state index contributed by atoms with van der Waals surface area (Å²) in [7, 11) is 0. The number of nitrogens with zero attached hydrogens (tertiary/aromatic N) is 1. The summed E-state index contributed by atoms with van der Waals surface area (Å²) in [4.78, 5) is 15.3. The summed E-state index contributed by atoms with van der Waals surface area (Å²) in [6, 6.07) is 19.9. The minimum Gasteiger partial charge on any atom is -0.477 e. The van der Waals surface area contributed by atoms with Gasteiger partial charge in [0.15, 0.2) is 0 Å². The number of carboxylic acid groups (broad SMARTS) is 1. The van der Waals surface area contributed by atoms with Gasteiger partial charge in [-0.3, -0.25) is 0 Å². The van der Waals surface area contributed by atoms with Crippen LogP contribution in [-0.4, -0.2) is 40.3 Å². The van der Waals surface area contributed by atoms with Gasteiger partial charge < -0.3 is 20.8 Å². The summed E-state index contributed by atoms with van der Waals surface area (Å²) in [5.41, 5.74) is 3.13. The van der Waals surface area contributed by atoms with Crippen LogP contribution >= 0.6 is 11.6 Å². The number of aromatic nitrogens is 1. The van der Waals surface area contributed by atoms with Crippen molar-refractivity contribution in [3.63, 3.8) is 0 Å². The molecule has 2 atom stereocenters. The molecule has 0 saturated heterocycles. The Kier molecular flexibility index (Phi) is 7.41. The van der Waals surface area contributed by atoms with Crippen molar-refractivity contribution in [2.75, 3.05) is 18.4 Å². The Morgan fingerprint density at radius 3 is 2.60 bits per heavy atom. The fourth-order valence-electron chi connectivity index (χ4n) is 2.99. The Bertz CT molecular complexity index is 1010. The van der Waals surface area contributed by atoms with Crippen molar-refractivity contribution < 1.29 is 15.0 Å². The maximum atomic E-state index is 11.1. The fraction of sp³-hybridized carbons (Fsp3) is 0.217. The third kappa shape index (κ3) is 6.03. The van der Waals surface area contributed by atoms with Crippen LogP contribution in [0.15, 0.2) is 66.7 Å². The molecule has 0 spiro atoms. The highest BCUT2D eigenvalue weighted by atomic mass is 35.5. The fourth-order valence-corrected chi connectivity index (χ4v) is 3.19. The molecule has 0 aliphatic carbocycles. The van der Waals surface area contributed by atoms with Gasteiger partial charge in [-0.05, 0) is 48.9 Å². The number of aromatic carboxylic acids is 1. The maximum absolute atomic E-state index is 11.1. The molecule has 6 nitrogen and oxygen atoms in total. The molecule has 0 aliphatic heterocycles. The van der Waals surface area contributed by atoms with Crippen LogP contribution in [0.4, 0.5) is 5.69 Å². The van der Waals surface area contributed by atoms with E-state index in [1.165, 1.54) is 6.07 Å². The third-order valence-electron chi connectivity index (χ3n) is 4.63. The summed E-state index contributed by atoms with van der Waals surface area (Å²) in [6.07, 6.45) is -0.637. The monoisotopic (exact) mass is 425 g/mol. The predicted molar refractivity (Wildman–Crippen MR) is 119 cm³/mol. The molecule has 3 aromatic rings. The van der Waals surface area contributed by atoms with Crippen LogP contribution in [0.25, 0.3) is 11.3 Å². The van der Waals surface area contributed by atoms with E-state index in [1.54, 1.807) is 24.3 Å². The largest absolute Gasteiger partial charge is 0.477 e. The molecule has 0 fully saturated rings. The van der Waals surface area contributed by atoms with E-state index in [1.807, 2.05) is 43.3 Å². The minimum absolute atomic E-state index is 0.0157. The Hall–Kier alpha value is -2.93. The number of hydrogen-bond donors (Lipinski definition) is 4. The molecular formula is C23H24ClN3O3. The zero-order valence-electron chi connectivity index (χ0n) is 16.5. The van der Waals surface area contributed by atoms with Crippen molar-refractivity contribution in [3.8, 4) is 11.3 Å². The normalized spacial score (nSPS) is 12.9. The number of pyridine rings is 1. The number of carbonyl (C=O) groups is 1. The second-order valence-electron chi connectivity index (χ2n) is 7.06.